The van der Waals surface area contributed by atoms with Crippen LogP contribution in [0.1, 0.15) is 12.8 Å². The summed E-state index contributed by atoms with van der Waals surface area (Å²) in [6, 6.07) is 2.36. The lowest BCUT2D eigenvalue weighted by atomic mass is 10.1. The molecule has 76 valence electrons. The normalized spacial score (nSPS) is 19.5. The van der Waals surface area contributed by atoms with Crippen molar-refractivity contribution in [1.82, 2.24) is 13.1 Å². The molecule has 2 rings (SSSR count). The fraction of sp³-hybridized carbons (Fsp3) is 0.556. The first-order chi connectivity index (χ1) is 6.84. The van der Waals surface area contributed by atoms with Crippen LogP contribution in [0, 0.1) is 0 Å². The maximum Gasteiger partial charge on any atom is 0.222 e. The maximum absolute atomic E-state index is 4.15. The summed E-state index contributed by atoms with van der Waals surface area (Å²) in [6.45, 7) is 2.29. The first-order valence-electron chi connectivity index (χ1n) is 4.79. The van der Waals surface area contributed by atoms with Gasteiger partial charge in [0.2, 0.25) is 5.95 Å². The van der Waals surface area contributed by atoms with Crippen LogP contribution in [0.3, 0.4) is 0 Å². The molecule has 1 N–H and O–H groups in total. The Hall–Kier alpha value is -0.430. The molecule has 0 amide bonds. The second-order valence-electron chi connectivity index (χ2n) is 3.40. The largest absolute Gasteiger partial charge is 0.351 e. The summed E-state index contributed by atoms with van der Waals surface area (Å²) in [4.78, 5) is 8.31. The Kier molecular flexibility index (Phi) is 3.52. The second kappa shape index (κ2) is 4.88. The highest BCUT2D eigenvalue weighted by atomic mass is 127. The van der Waals surface area contributed by atoms with Gasteiger partial charge < -0.3 is 5.32 Å². The van der Waals surface area contributed by atoms with E-state index in [-0.39, 0.29) is 0 Å². The molecule has 1 aliphatic rings. The predicted molar refractivity (Wildman–Crippen MR) is 64.3 cm³/mol. The summed E-state index contributed by atoms with van der Waals surface area (Å²) < 4.78 is 2.32. The fourth-order valence-corrected chi connectivity index (χ4v) is 2.11. The highest BCUT2D eigenvalue weighted by Gasteiger charge is 2.17. The smallest absolute Gasteiger partial charge is 0.222 e. The van der Waals surface area contributed by atoms with Crippen LogP contribution in [-0.2, 0) is 0 Å². The molecular formula is C9H13IN4. The van der Waals surface area contributed by atoms with Crippen molar-refractivity contribution < 1.29 is 0 Å². The Morgan fingerprint density at radius 3 is 2.57 bits per heavy atom. The van der Waals surface area contributed by atoms with Gasteiger partial charge >= 0.3 is 0 Å². The van der Waals surface area contributed by atoms with Gasteiger partial charge in [-0.1, -0.05) is 0 Å². The molecule has 14 heavy (non-hydrogen) atoms. The van der Waals surface area contributed by atoms with E-state index in [4.69, 9.17) is 0 Å². The van der Waals surface area contributed by atoms with Gasteiger partial charge in [-0.2, -0.15) is 0 Å². The van der Waals surface area contributed by atoms with E-state index in [0.29, 0.717) is 6.04 Å². The van der Waals surface area contributed by atoms with Crippen LogP contribution in [0.5, 0.6) is 0 Å². The van der Waals surface area contributed by atoms with Gasteiger partial charge in [0, 0.05) is 54.4 Å². The van der Waals surface area contributed by atoms with E-state index in [1.165, 1.54) is 12.8 Å². The summed E-state index contributed by atoms with van der Waals surface area (Å²) in [5, 5.41) is 3.35. The van der Waals surface area contributed by atoms with E-state index < -0.39 is 0 Å². The van der Waals surface area contributed by atoms with Crippen molar-refractivity contribution >= 4 is 28.8 Å². The van der Waals surface area contributed by atoms with Crippen molar-refractivity contribution in [3.63, 3.8) is 0 Å². The predicted octanol–water partition coefficient (Wildman–Crippen LogP) is 1.70. The molecule has 0 unspecified atom stereocenters. The standard InChI is InChI=1S/C9H13IN4/c10-14-6-2-8(3-7-14)13-9-11-4-1-5-12-9/h1,4-5,8H,2-3,6-7H2,(H,11,12,13). The van der Waals surface area contributed by atoms with Gasteiger partial charge in [-0.25, -0.2) is 13.1 Å². The van der Waals surface area contributed by atoms with Crippen LogP contribution in [0.4, 0.5) is 5.95 Å². The van der Waals surface area contributed by atoms with Crippen LogP contribution in [0.15, 0.2) is 18.5 Å². The first kappa shape index (κ1) is 10.1. The van der Waals surface area contributed by atoms with Crippen LogP contribution in [-0.4, -0.2) is 32.2 Å². The number of aromatic nitrogens is 2. The molecule has 0 saturated carbocycles. The van der Waals surface area contributed by atoms with Crippen molar-refractivity contribution in [2.24, 2.45) is 0 Å². The number of rotatable bonds is 2. The molecule has 1 aromatic heterocycles. The van der Waals surface area contributed by atoms with Gasteiger partial charge in [0.15, 0.2) is 0 Å². The summed E-state index contributed by atoms with van der Waals surface area (Å²) in [7, 11) is 0. The molecule has 1 saturated heterocycles. The summed E-state index contributed by atoms with van der Waals surface area (Å²) in [5.41, 5.74) is 0. The average molecular weight is 304 g/mol. The van der Waals surface area contributed by atoms with Gasteiger partial charge in [-0.3, -0.25) is 0 Å². The molecular weight excluding hydrogens is 291 g/mol. The van der Waals surface area contributed by atoms with Crippen LogP contribution >= 0.6 is 22.9 Å². The summed E-state index contributed by atoms with van der Waals surface area (Å²) in [5.74, 6) is 0.749. The minimum absolute atomic E-state index is 0.531. The lowest BCUT2D eigenvalue weighted by Gasteiger charge is -2.27. The molecule has 0 atom stereocenters. The first-order valence-corrected chi connectivity index (χ1v) is 5.75. The topological polar surface area (TPSA) is 41.0 Å². The number of piperidine rings is 1. The Bertz CT molecular complexity index is 271. The Morgan fingerprint density at radius 2 is 1.93 bits per heavy atom. The molecule has 0 aliphatic carbocycles. The number of anilines is 1. The molecule has 0 aromatic carbocycles. The van der Waals surface area contributed by atoms with E-state index in [1.54, 1.807) is 12.4 Å². The van der Waals surface area contributed by atoms with Crippen LogP contribution in [0.25, 0.3) is 0 Å². The number of nitrogens with one attached hydrogen (secondary N) is 1. The van der Waals surface area contributed by atoms with Gasteiger partial charge in [0.1, 0.15) is 0 Å². The van der Waals surface area contributed by atoms with Crippen molar-refractivity contribution in [1.29, 1.82) is 0 Å². The average Bonchev–Trinajstić information content (AvgIpc) is 2.23. The Balaban J connectivity index is 1.87. The van der Waals surface area contributed by atoms with Crippen molar-refractivity contribution in [3.8, 4) is 0 Å². The van der Waals surface area contributed by atoms with E-state index in [2.05, 4.69) is 41.3 Å². The molecule has 0 radical (unpaired) electrons. The molecule has 2 heterocycles. The summed E-state index contributed by atoms with van der Waals surface area (Å²) >= 11 is 2.37. The van der Waals surface area contributed by atoms with Crippen molar-refractivity contribution in [2.75, 3.05) is 18.4 Å². The number of hydrogen-bond acceptors (Lipinski definition) is 4. The monoisotopic (exact) mass is 304 g/mol. The van der Waals surface area contributed by atoms with Gasteiger partial charge in [-0.15, -0.1) is 0 Å². The number of halogens is 1. The highest BCUT2D eigenvalue weighted by molar-refractivity contribution is 14.1. The van der Waals surface area contributed by atoms with Crippen LogP contribution < -0.4 is 5.32 Å². The van der Waals surface area contributed by atoms with Crippen molar-refractivity contribution in [2.45, 2.75) is 18.9 Å². The molecule has 4 nitrogen and oxygen atoms in total. The quantitative estimate of drug-likeness (QED) is 0.667. The van der Waals surface area contributed by atoms with Gasteiger partial charge in [0.25, 0.3) is 0 Å². The molecule has 1 fully saturated rings. The molecule has 0 bridgehead atoms. The SMILES string of the molecule is IN1CCC(Nc2ncccn2)CC1. The van der Waals surface area contributed by atoms with Crippen molar-refractivity contribution in [3.05, 3.63) is 18.5 Å². The highest BCUT2D eigenvalue weighted by Crippen LogP contribution is 2.16. The molecule has 0 spiro atoms. The third kappa shape index (κ3) is 2.78. The molecule has 1 aliphatic heterocycles. The van der Waals surface area contributed by atoms with Gasteiger partial charge in [-0.05, 0) is 18.9 Å². The lowest BCUT2D eigenvalue weighted by molar-refractivity contribution is 0.381. The number of hydrogen-bond donors (Lipinski definition) is 1. The van der Waals surface area contributed by atoms with E-state index in [9.17, 15) is 0 Å². The molecule has 1 aromatic rings. The lowest BCUT2D eigenvalue weighted by Crippen LogP contribution is -2.34. The van der Waals surface area contributed by atoms with Crippen LogP contribution in [0.2, 0.25) is 0 Å². The Morgan fingerprint density at radius 1 is 1.29 bits per heavy atom. The third-order valence-corrected chi connectivity index (χ3v) is 3.30. The van der Waals surface area contributed by atoms with E-state index >= 15 is 0 Å². The van der Waals surface area contributed by atoms with E-state index in [0.717, 1.165) is 19.0 Å². The maximum atomic E-state index is 4.15. The number of nitrogens with zero attached hydrogens (tertiary/aromatic N) is 3. The van der Waals surface area contributed by atoms with E-state index in [1.807, 2.05) is 6.07 Å². The summed E-state index contributed by atoms with van der Waals surface area (Å²) in [6.07, 6.45) is 5.87. The minimum Gasteiger partial charge on any atom is -0.351 e. The minimum atomic E-state index is 0.531. The van der Waals surface area contributed by atoms with Gasteiger partial charge in [0.05, 0.1) is 0 Å². The second-order valence-corrected chi connectivity index (χ2v) is 4.77. The molecule has 5 heteroatoms. The zero-order valence-electron chi connectivity index (χ0n) is 7.86. The zero-order chi connectivity index (χ0) is 9.80. The zero-order valence-corrected chi connectivity index (χ0v) is 10.0. The third-order valence-electron chi connectivity index (χ3n) is 2.34. The Labute approximate surface area is 97.6 Å². The fourth-order valence-electron chi connectivity index (χ4n) is 1.55.